The van der Waals surface area contributed by atoms with E-state index in [2.05, 4.69) is 48.5 Å². The molecule has 2 aromatic rings. The lowest BCUT2D eigenvalue weighted by molar-refractivity contribution is -0.114. The summed E-state index contributed by atoms with van der Waals surface area (Å²) in [5.74, 6) is 0.211. The molecule has 0 aliphatic heterocycles. The van der Waals surface area contributed by atoms with Crippen molar-refractivity contribution in [2.45, 2.75) is 33.1 Å². The first kappa shape index (κ1) is 15.2. The Labute approximate surface area is 127 Å². The van der Waals surface area contributed by atoms with Gasteiger partial charge < -0.3 is 0 Å². The van der Waals surface area contributed by atoms with Crippen LogP contribution in [0.3, 0.4) is 0 Å². The van der Waals surface area contributed by atoms with Crippen LogP contribution in [0.15, 0.2) is 60.7 Å². The van der Waals surface area contributed by atoms with Gasteiger partial charge in [-0.1, -0.05) is 61.5 Å². The molecule has 0 heterocycles. The Kier molecular flexibility index (Phi) is 5.51. The Morgan fingerprint density at radius 1 is 0.952 bits per heavy atom. The van der Waals surface area contributed by atoms with Gasteiger partial charge in [0.1, 0.15) is 0 Å². The molecule has 21 heavy (non-hydrogen) atoms. The predicted octanol–water partition coefficient (Wildman–Crippen LogP) is 5.05. The molecule has 0 unspecified atom stereocenters. The third-order valence-electron chi connectivity index (χ3n) is 3.53. The van der Waals surface area contributed by atoms with Crippen LogP contribution in [0.4, 0.5) is 0 Å². The molecule has 2 aromatic carbocycles. The highest BCUT2D eigenvalue weighted by atomic mass is 16.1. The molecule has 0 aliphatic rings. The molecule has 0 atom stereocenters. The third-order valence-corrected chi connectivity index (χ3v) is 3.53. The first-order valence-corrected chi connectivity index (χ1v) is 7.53. The van der Waals surface area contributed by atoms with Crippen molar-refractivity contribution in [3.05, 3.63) is 77.4 Å². The minimum atomic E-state index is 0.211. The fraction of sp³-hybridized carbons (Fsp3) is 0.250. The van der Waals surface area contributed by atoms with Gasteiger partial charge in [0.05, 0.1) is 0 Å². The van der Waals surface area contributed by atoms with Crippen molar-refractivity contribution < 1.29 is 4.79 Å². The van der Waals surface area contributed by atoms with E-state index in [1.54, 1.807) is 6.08 Å². The summed E-state index contributed by atoms with van der Waals surface area (Å²) in [6, 6.07) is 18.9. The highest BCUT2D eigenvalue weighted by Gasteiger charge is 2.01. The maximum absolute atomic E-state index is 11.7. The normalized spacial score (nSPS) is 11.4. The average Bonchev–Trinajstić information content (AvgIpc) is 2.49. The molecule has 0 amide bonds. The zero-order chi connectivity index (χ0) is 15.1. The SMILES string of the molecule is CCCC(=O)C=C(C)c1ccc(Cc2ccccc2)cc1. The highest BCUT2D eigenvalue weighted by Crippen LogP contribution is 2.17. The molecule has 0 bridgehead atoms. The number of rotatable bonds is 6. The zero-order valence-electron chi connectivity index (χ0n) is 12.8. The van der Waals surface area contributed by atoms with Crippen LogP contribution in [0.5, 0.6) is 0 Å². The van der Waals surface area contributed by atoms with Gasteiger partial charge in [0.15, 0.2) is 5.78 Å². The Hall–Kier alpha value is -2.15. The Balaban J connectivity index is 2.06. The Morgan fingerprint density at radius 3 is 2.19 bits per heavy atom. The molecule has 1 heteroatoms. The number of allylic oxidation sites excluding steroid dienone is 2. The van der Waals surface area contributed by atoms with Gasteiger partial charge in [0.25, 0.3) is 0 Å². The molecule has 0 radical (unpaired) electrons. The van der Waals surface area contributed by atoms with E-state index < -0.39 is 0 Å². The molecule has 0 fully saturated rings. The second-order valence-corrected chi connectivity index (χ2v) is 5.40. The summed E-state index contributed by atoms with van der Waals surface area (Å²) in [4.78, 5) is 11.7. The molecular weight excluding hydrogens is 256 g/mol. The number of benzene rings is 2. The van der Waals surface area contributed by atoms with Crippen LogP contribution in [-0.4, -0.2) is 5.78 Å². The van der Waals surface area contributed by atoms with Crippen LogP contribution in [0.25, 0.3) is 5.57 Å². The van der Waals surface area contributed by atoms with E-state index in [-0.39, 0.29) is 5.78 Å². The number of ketones is 1. The lowest BCUT2D eigenvalue weighted by Gasteiger charge is -2.05. The van der Waals surface area contributed by atoms with Crippen molar-refractivity contribution in [2.75, 3.05) is 0 Å². The first-order valence-electron chi connectivity index (χ1n) is 7.53. The molecule has 0 spiro atoms. The van der Waals surface area contributed by atoms with Gasteiger partial charge >= 0.3 is 0 Å². The molecule has 1 nitrogen and oxygen atoms in total. The topological polar surface area (TPSA) is 17.1 Å². The molecule has 0 saturated heterocycles. The van der Waals surface area contributed by atoms with E-state index in [9.17, 15) is 4.79 Å². The summed E-state index contributed by atoms with van der Waals surface area (Å²) in [7, 11) is 0. The summed E-state index contributed by atoms with van der Waals surface area (Å²) in [6.45, 7) is 4.03. The van der Waals surface area contributed by atoms with Gasteiger partial charge in [0.2, 0.25) is 0 Å². The molecule has 0 aromatic heterocycles. The summed E-state index contributed by atoms with van der Waals surface area (Å²) in [5, 5.41) is 0. The fourth-order valence-electron chi connectivity index (χ4n) is 2.36. The van der Waals surface area contributed by atoms with Crippen LogP contribution in [0, 0.1) is 0 Å². The van der Waals surface area contributed by atoms with Crippen molar-refractivity contribution in [3.8, 4) is 0 Å². The van der Waals surface area contributed by atoms with Gasteiger partial charge in [-0.05, 0) is 48.1 Å². The molecule has 0 N–H and O–H groups in total. The second-order valence-electron chi connectivity index (χ2n) is 5.40. The summed E-state index contributed by atoms with van der Waals surface area (Å²) in [6.07, 6.45) is 4.23. The summed E-state index contributed by atoms with van der Waals surface area (Å²) in [5.41, 5.74) is 4.77. The smallest absolute Gasteiger partial charge is 0.155 e. The van der Waals surface area contributed by atoms with Crippen molar-refractivity contribution in [1.29, 1.82) is 0 Å². The van der Waals surface area contributed by atoms with Gasteiger partial charge in [-0.2, -0.15) is 0 Å². The quantitative estimate of drug-likeness (QED) is 0.676. The van der Waals surface area contributed by atoms with E-state index in [4.69, 9.17) is 0 Å². The standard InChI is InChI=1S/C20H22O/c1-3-7-20(21)14-16(2)19-12-10-18(11-13-19)15-17-8-5-4-6-9-17/h4-6,8-14H,3,7,15H2,1-2H3. The fourth-order valence-corrected chi connectivity index (χ4v) is 2.36. The zero-order valence-corrected chi connectivity index (χ0v) is 12.8. The van der Waals surface area contributed by atoms with Crippen molar-refractivity contribution in [3.63, 3.8) is 0 Å². The van der Waals surface area contributed by atoms with E-state index in [0.29, 0.717) is 6.42 Å². The number of carbonyl (C=O) groups excluding carboxylic acids is 1. The van der Waals surface area contributed by atoms with Crippen LogP contribution in [0.2, 0.25) is 0 Å². The maximum atomic E-state index is 11.7. The maximum Gasteiger partial charge on any atom is 0.155 e. The van der Waals surface area contributed by atoms with Crippen LogP contribution in [0.1, 0.15) is 43.4 Å². The van der Waals surface area contributed by atoms with Gasteiger partial charge in [0, 0.05) is 6.42 Å². The van der Waals surface area contributed by atoms with Crippen molar-refractivity contribution >= 4 is 11.4 Å². The Morgan fingerprint density at radius 2 is 1.57 bits per heavy atom. The predicted molar refractivity (Wildman–Crippen MR) is 89.3 cm³/mol. The van der Waals surface area contributed by atoms with E-state index in [1.807, 2.05) is 19.9 Å². The van der Waals surface area contributed by atoms with E-state index >= 15 is 0 Å². The van der Waals surface area contributed by atoms with Crippen molar-refractivity contribution in [2.24, 2.45) is 0 Å². The third kappa shape index (κ3) is 4.71. The minimum Gasteiger partial charge on any atom is -0.295 e. The largest absolute Gasteiger partial charge is 0.295 e. The van der Waals surface area contributed by atoms with E-state index in [0.717, 1.165) is 24.0 Å². The van der Waals surface area contributed by atoms with Crippen molar-refractivity contribution in [1.82, 2.24) is 0 Å². The lowest BCUT2D eigenvalue weighted by Crippen LogP contribution is -1.93. The second kappa shape index (κ2) is 7.58. The summed E-state index contributed by atoms with van der Waals surface area (Å²) < 4.78 is 0. The molecular formula is C20H22O. The Bertz CT molecular complexity index is 606. The summed E-state index contributed by atoms with van der Waals surface area (Å²) >= 11 is 0. The number of carbonyl (C=O) groups is 1. The molecule has 2 rings (SSSR count). The van der Waals surface area contributed by atoms with E-state index in [1.165, 1.54) is 11.1 Å². The molecule has 108 valence electrons. The molecule has 0 aliphatic carbocycles. The monoisotopic (exact) mass is 278 g/mol. The first-order chi connectivity index (χ1) is 10.2. The number of hydrogen-bond donors (Lipinski definition) is 0. The van der Waals surface area contributed by atoms with Crippen LogP contribution >= 0.6 is 0 Å². The van der Waals surface area contributed by atoms with Gasteiger partial charge in [-0.15, -0.1) is 0 Å². The lowest BCUT2D eigenvalue weighted by atomic mass is 10.00. The van der Waals surface area contributed by atoms with Gasteiger partial charge in [-0.3, -0.25) is 4.79 Å². The highest BCUT2D eigenvalue weighted by molar-refractivity contribution is 5.96. The molecule has 0 saturated carbocycles. The van der Waals surface area contributed by atoms with Gasteiger partial charge in [-0.25, -0.2) is 0 Å². The van der Waals surface area contributed by atoms with Crippen LogP contribution in [-0.2, 0) is 11.2 Å². The number of hydrogen-bond acceptors (Lipinski definition) is 1. The van der Waals surface area contributed by atoms with Crippen LogP contribution < -0.4 is 0 Å². The minimum absolute atomic E-state index is 0.211. The average molecular weight is 278 g/mol.